The predicted molar refractivity (Wildman–Crippen MR) is 106 cm³/mol. The van der Waals surface area contributed by atoms with Gasteiger partial charge in [0.25, 0.3) is 0 Å². The van der Waals surface area contributed by atoms with Crippen LogP contribution >= 0.6 is 0 Å². The fourth-order valence-electron chi connectivity index (χ4n) is 4.34. The van der Waals surface area contributed by atoms with Gasteiger partial charge in [-0.05, 0) is 55.5 Å². The molecule has 0 radical (unpaired) electrons. The highest BCUT2D eigenvalue weighted by molar-refractivity contribution is 5.79. The third-order valence-electron chi connectivity index (χ3n) is 5.78. The van der Waals surface area contributed by atoms with Crippen LogP contribution in [0, 0.1) is 0 Å². The van der Waals surface area contributed by atoms with Crippen LogP contribution in [-0.4, -0.2) is 47.9 Å². The lowest BCUT2D eigenvalue weighted by Gasteiger charge is -2.28. The molecule has 26 heavy (non-hydrogen) atoms. The van der Waals surface area contributed by atoms with Gasteiger partial charge in [-0.2, -0.15) is 0 Å². The standard InChI is InChI=1S/C23H28N2O/c26-23(25-16-6-9-22(25)18-24-14-4-5-15-24)17-19-10-12-21(13-11-19)20-7-2-1-3-8-20/h1-3,7-8,10-13,22H,4-6,9,14-18H2. The van der Waals surface area contributed by atoms with Gasteiger partial charge in [-0.3, -0.25) is 4.79 Å². The van der Waals surface area contributed by atoms with Crippen LogP contribution in [0.25, 0.3) is 11.1 Å². The van der Waals surface area contributed by atoms with E-state index in [1.807, 2.05) is 6.07 Å². The fraction of sp³-hybridized carbons (Fsp3) is 0.435. The summed E-state index contributed by atoms with van der Waals surface area (Å²) in [5.41, 5.74) is 3.53. The zero-order valence-corrected chi connectivity index (χ0v) is 15.4. The third kappa shape index (κ3) is 3.99. The summed E-state index contributed by atoms with van der Waals surface area (Å²) in [4.78, 5) is 17.5. The highest BCUT2D eigenvalue weighted by Gasteiger charge is 2.30. The van der Waals surface area contributed by atoms with E-state index >= 15 is 0 Å². The molecule has 1 amide bonds. The number of rotatable bonds is 5. The molecule has 1 atom stereocenters. The minimum Gasteiger partial charge on any atom is -0.338 e. The van der Waals surface area contributed by atoms with Gasteiger partial charge in [0.05, 0.1) is 6.42 Å². The van der Waals surface area contributed by atoms with Crippen LogP contribution in [0.2, 0.25) is 0 Å². The first-order valence-electron chi connectivity index (χ1n) is 9.96. The van der Waals surface area contributed by atoms with Gasteiger partial charge in [-0.15, -0.1) is 0 Å². The van der Waals surface area contributed by atoms with Crippen molar-refractivity contribution in [3.63, 3.8) is 0 Å². The van der Waals surface area contributed by atoms with Crippen LogP contribution in [0.4, 0.5) is 0 Å². The van der Waals surface area contributed by atoms with E-state index in [0.29, 0.717) is 18.4 Å². The minimum absolute atomic E-state index is 0.291. The van der Waals surface area contributed by atoms with Crippen molar-refractivity contribution in [2.45, 2.75) is 38.1 Å². The Labute approximate surface area is 156 Å². The second-order valence-electron chi connectivity index (χ2n) is 7.63. The topological polar surface area (TPSA) is 23.6 Å². The number of carbonyl (C=O) groups excluding carboxylic acids is 1. The van der Waals surface area contributed by atoms with E-state index in [1.165, 1.54) is 37.1 Å². The Morgan fingerprint density at radius 2 is 1.54 bits per heavy atom. The molecule has 4 rings (SSSR count). The molecule has 0 saturated carbocycles. The molecule has 136 valence electrons. The normalized spacial score (nSPS) is 20.6. The molecule has 2 aliphatic heterocycles. The predicted octanol–water partition coefficient (Wildman–Crippen LogP) is 3.98. The average Bonchev–Trinajstić information content (AvgIpc) is 3.35. The summed E-state index contributed by atoms with van der Waals surface area (Å²) in [6.07, 6.45) is 5.46. The molecule has 0 aromatic heterocycles. The van der Waals surface area contributed by atoms with E-state index in [9.17, 15) is 4.79 Å². The Morgan fingerprint density at radius 3 is 2.27 bits per heavy atom. The number of benzene rings is 2. The van der Waals surface area contributed by atoms with Crippen molar-refractivity contribution in [3.05, 3.63) is 60.2 Å². The lowest BCUT2D eigenvalue weighted by molar-refractivity contribution is -0.131. The number of hydrogen-bond acceptors (Lipinski definition) is 2. The van der Waals surface area contributed by atoms with Gasteiger partial charge >= 0.3 is 0 Å². The van der Waals surface area contributed by atoms with Gasteiger partial charge in [0.1, 0.15) is 0 Å². The smallest absolute Gasteiger partial charge is 0.227 e. The van der Waals surface area contributed by atoms with Crippen LogP contribution in [0.3, 0.4) is 0 Å². The van der Waals surface area contributed by atoms with Gasteiger partial charge in [0, 0.05) is 19.1 Å². The Kier molecular flexibility index (Phi) is 5.35. The van der Waals surface area contributed by atoms with E-state index in [-0.39, 0.29) is 0 Å². The zero-order chi connectivity index (χ0) is 17.8. The van der Waals surface area contributed by atoms with Gasteiger partial charge < -0.3 is 9.80 Å². The Morgan fingerprint density at radius 1 is 0.846 bits per heavy atom. The molecule has 3 heteroatoms. The van der Waals surface area contributed by atoms with Gasteiger partial charge in [-0.25, -0.2) is 0 Å². The molecule has 2 aromatic carbocycles. The largest absolute Gasteiger partial charge is 0.338 e. The maximum absolute atomic E-state index is 12.9. The second kappa shape index (κ2) is 8.05. The van der Waals surface area contributed by atoms with Crippen molar-refractivity contribution in [1.82, 2.24) is 9.80 Å². The van der Waals surface area contributed by atoms with E-state index in [4.69, 9.17) is 0 Å². The molecule has 2 heterocycles. The molecule has 0 N–H and O–H groups in total. The Bertz CT molecular complexity index is 720. The van der Waals surface area contributed by atoms with Crippen molar-refractivity contribution in [2.24, 2.45) is 0 Å². The first-order chi connectivity index (χ1) is 12.8. The summed E-state index contributed by atoms with van der Waals surface area (Å²) in [7, 11) is 0. The summed E-state index contributed by atoms with van der Waals surface area (Å²) in [6.45, 7) is 4.41. The number of carbonyl (C=O) groups is 1. The third-order valence-corrected chi connectivity index (χ3v) is 5.78. The van der Waals surface area contributed by atoms with Crippen LogP contribution in [0.15, 0.2) is 54.6 Å². The summed E-state index contributed by atoms with van der Waals surface area (Å²) >= 11 is 0. The highest BCUT2D eigenvalue weighted by atomic mass is 16.2. The number of nitrogens with zero attached hydrogens (tertiary/aromatic N) is 2. The van der Waals surface area contributed by atoms with Crippen LogP contribution in [-0.2, 0) is 11.2 Å². The first-order valence-corrected chi connectivity index (χ1v) is 9.96. The molecule has 2 aliphatic rings. The maximum Gasteiger partial charge on any atom is 0.227 e. The molecular formula is C23H28N2O. The van der Waals surface area contributed by atoms with E-state index in [2.05, 4.69) is 58.3 Å². The Balaban J connectivity index is 1.37. The highest BCUT2D eigenvalue weighted by Crippen LogP contribution is 2.23. The molecule has 1 unspecified atom stereocenters. The molecular weight excluding hydrogens is 320 g/mol. The van der Waals surface area contributed by atoms with Crippen molar-refractivity contribution >= 4 is 5.91 Å². The van der Waals surface area contributed by atoms with Crippen molar-refractivity contribution < 1.29 is 4.79 Å². The van der Waals surface area contributed by atoms with Crippen LogP contribution < -0.4 is 0 Å². The minimum atomic E-state index is 0.291. The van der Waals surface area contributed by atoms with Crippen LogP contribution in [0.5, 0.6) is 0 Å². The molecule has 2 saturated heterocycles. The molecule has 0 spiro atoms. The summed E-state index contributed by atoms with van der Waals surface area (Å²) in [6, 6.07) is 19.3. The Hall–Kier alpha value is -2.13. The number of amides is 1. The van der Waals surface area contributed by atoms with Gasteiger partial charge in [0.2, 0.25) is 5.91 Å². The van der Waals surface area contributed by atoms with Crippen LogP contribution in [0.1, 0.15) is 31.2 Å². The summed E-state index contributed by atoms with van der Waals surface area (Å²) < 4.78 is 0. The van der Waals surface area contributed by atoms with E-state index in [0.717, 1.165) is 31.5 Å². The first kappa shape index (κ1) is 17.3. The summed E-state index contributed by atoms with van der Waals surface area (Å²) in [5.74, 6) is 0.291. The fourth-order valence-corrected chi connectivity index (χ4v) is 4.34. The molecule has 3 nitrogen and oxygen atoms in total. The molecule has 0 bridgehead atoms. The van der Waals surface area contributed by atoms with Crippen molar-refractivity contribution in [3.8, 4) is 11.1 Å². The molecule has 0 aliphatic carbocycles. The zero-order valence-electron chi connectivity index (χ0n) is 15.4. The second-order valence-corrected chi connectivity index (χ2v) is 7.63. The lowest BCUT2D eigenvalue weighted by Crippen LogP contribution is -2.43. The monoisotopic (exact) mass is 348 g/mol. The number of likely N-dealkylation sites (tertiary alicyclic amines) is 2. The molecule has 2 aromatic rings. The lowest BCUT2D eigenvalue weighted by atomic mass is 10.0. The van der Waals surface area contributed by atoms with Gasteiger partial charge in [-0.1, -0.05) is 54.6 Å². The van der Waals surface area contributed by atoms with E-state index < -0.39 is 0 Å². The number of hydrogen-bond donors (Lipinski definition) is 0. The quantitative estimate of drug-likeness (QED) is 0.816. The van der Waals surface area contributed by atoms with Crippen molar-refractivity contribution in [1.29, 1.82) is 0 Å². The molecule has 2 fully saturated rings. The van der Waals surface area contributed by atoms with Gasteiger partial charge in [0.15, 0.2) is 0 Å². The maximum atomic E-state index is 12.9. The van der Waals surface area contributed by atoms with E-state index in [1.54, 1.807) is 0 Å². The average molecular weight is 348 g/mol. The van der Waals surface area contributed by atoms with Crippen molar-refractivity contribution in [2.75, 3.05) is 26.2 Å². The summed E-state index contributed by atoms with van der Waals surface area (Å²) in [5, 5.41) is 0. The SMILES string of the molecule is O=C(Cc1ccc(-c2ccccc2)cc1)N1CCCC1CN1CCCC1.